The van der Waals surface area contributed by atoms with Crippen LogP contribution in [0.15, 0.2) is 152 Å². The second-order valence-electron chi connectivity index (χ2n) is 17.5. The highest BCUT2D eigenvalue weighted by Gasteiger charge is 2.26. The monoisotopic (exact) mass is 1120 g/mol. The Hall–Kier alpha value is -9.36. The Morgan fingerprint density at radius 1 is 0.272 bits per heavy atom. The molecule has 0 radical (unpaired) electrons. The van der Waals surface area contributed by atoms with Crippen molar-refractivity contribution in [1.82, 2.24) is 19.6 Å². The number of carbonyl (C=O) groups excluding carboxylic acids is 10. The van der Waals surface area contributed by atoms with Gasteiger partial charge in [-0.1, -0.05) is 152 Å². The van der Waals surface area contributed by atoms with Crippen molar-refractivity contribution in [2.45, 2.75) is 33.0 Å². The van der Waals surface area contributed by atoms with Crippen LogP contribution in [0.4, 0.5) is 24.0 Å². The van der Waals surface area contributed by atoms with Gasteiger partial charge in [-0.3, -0.25) is 43.6 Å². The van der Waals surface area contributed by atoms with Gasteiger partial charge < -0.3 is 47.4 Å². The first-order chi connectivity index (χ1) is 39.1. The van der Waals surface area contributed by atoms with Crippen LogP contribution >= 0.6 is 0 Å². The third kappa shape index (κ3) is 27.2. The highest BCUT2D eigenvalue weighted by Crippen LogP contribution is 2.09. The molecular formula is C57H60N4O20. The number of ether oxygens (including phenoxy) is 10. The van der Waals surface area contributed by atoms with Crippen LogP contribution in [0, 0.1) is 0 Å². The lowest BCUT2D eigenvalue weighted by atomic mass is 10.2. The van der Waals surface area contributed by atoms with E-state index in [1.165, 1.54) is 21.7 Å². The fourth-order valence-corrected chi connectivity index (χ4v) is 7.02. The number of esters is 5. The molecule has 0 aliphatic rings. The molecule has 0 heterocycles. The van der Waals surface area contributed by atoms with Crippen molar-refractivity contribution in [2.75, 3.05) is 79.0 Å². The molecule has 0 bridgehead atoms. The van der Waals surface area contributed by atoms with Gasteiger partial charge >= 0.3 is 60.6 Å². The van der Waals surface area contributed by atoms with E-state index in [0.717, 1.165) is 4.90 Å². The first kappa shape index (κ1) is 62.5. The number of hydrogen-bond acceptors (Lipinski definition) is 24. The van der Waals surface area contributed by atoms with Crippen LogP contribution in [0.1, 0.15) is 27.8 Å². The summed E-state index contributed by atoms with van der Waals surface area (Å²) < 4.78 is 49.8. The zero-order valence-corrected chi connectivity index (χ0v) is 44.2. The standard InChI is InChI=1S/C57H60N4O20/c1-58(33-48(62)77-53(67)72-38-43-17-7-2-8-18-43)27-28-59(34-49(63)78-54(68)73-39-44-19-9-3-10-20-44)29-30-60(35-50(64)79-55(69)74-40-45-21-11-4-12-22-45)31-32-61(36-51(65)80-56(70)75-41-46-23-13-5-14-24-46)37-52(66)81-57(71)76-42-47-25-15-6-16-26-47/h2-26H,27-42H2,1H3. The van der Waals surface area contributed by atoms with Gasteiger partial charge in [0.2, 0.25) is 0 Å². The predicted octanol–water partition coefficient (Wildman–Crippen LogP) is 6.22. The molecule has 0 aliphatic carbocycles. The number of likely N-dealkylation sites (N-methyl/N-ethyl adjacent to an activating group) is 1. The zero-order chi connectivity index (χ0) is 58.0. The molecule has 24 nitrogen and oxygen atoms in total. The maximum absolute atomic E-state index is 13.4. The van der Waals surface area contributed by atoms with Crippen molar-refractivity contribution in [3.8, 4) is 0 Å². The normalized spacial score (nSPS) is 10.8. The number of hydrogen-bond donors (Lipinski definition) is 0. The Balaban J connectivity index is 1.29. The van der Waals surface area contributed by atoms with Gasteiger partial charge in [0, 0.05) is 39.3 Å². The lowest BCUT2D eigenvalue weighted by molar-refractivity contribution is -0.146. The van der Waals surface area contributed by atoms with E-state index in [0.29, 0.717) is 27.8 Å². The average Bonchev–Trinajstić information content (AvgIpc) is 3.45. The summed E-state index contributed by atoms with van der Waals surface area (Å²) in [6, 6.07) is 42.8. The van der Waals surface area contributed by atoms with Crippen molar-refractivity contribution >= 4 is 60.6 Å². The molecule has 0 aliphatic heterocycles. The smallest absolute Gasteiger partial charge is 0.429 e. The van der Waals surface area contributed by atoms with Crippen LogP contribution in [-0.2, 0) is 104 Å². The summed E-state index contributed by atoms with van der Waals surface area (Å²) in [6.07, 6.45) is -6.56. The Labute approximate surface area is 465 Å². The summed E-state index contributed by atoms with van der Waals surface area (Å²) in [4.78, 5) is 134. The SMILES string of the molecule is CN(CCN(CCN(CCN(CC(=O)OC(=O)OCc1ccccc1)CC(=O)OC(=O)OCc1ccccc1)CC(=O)OC(=O)OCc1ccccc1)CC(=O)OC(=O)OCc1ccccc1)CC(=O)OC(=O)OCc1ccccc1. The van der Waals surface area contributed by atoms with Gasteiger partial charge in [-0.15, -0.1) is 0 Å². The second kappa shape index (κ2) is 35.2. The molecule has 0 saturated carbocycles. The van der Waals surface area contributed by atoms with E-state index in [1.54, 1.807) is 152 Å². The third-order valence-electron chi connectivity index (χ3n) is 11.1. The molecule has 0 saturated heterocycles. The van der Waals surface area contributed by atoms with Gasteiger partial charge in [-0.25, -0.2) is 24.0 Å². The molecule has 5 aromatic rings. The minimum absolute atomic E-state index is 0.0226. The molecule has 0 fully saturated rings. The molecular weight excluding hydrogens is 1060 g/mol. The fraction of sp³-hybridized carbons (Fsp3) is 0.298. The summed E-state index contributed by atoms with van der Waals surface area (Å²) in [6.45, 7) is -5.13. The van der Waals surface area contributed by atoms with Gasteiger partial charge in [0.25, 0.3) is 0 Å². The second-order valence-corrected chi connectivity index (χ2v) is 17.5. The van der Waals surface area contributed by atoms with Gasteiger partial charge in [0.15, 0.2) is 0 Å². The Morgan fingerprint density at radius 3 is 0.716 bits per heavy atom. The Kier molecular flexibility index (Phi) is 27.2. The van der Waals surface area contributed by atoms with Crippen molar-refractivity contribution < 1.29 is 95.3 Å². The van der Waals surface area contributed by atoms with Crippen LogP contribution in [0.3, 0.4) is 0 Å². The highest BCUT2D eigenvalue weighted by molar-refractivity contribution is 5.86. The van der Waals surface area contributed by atoms with Crippen molar-refractivity contribution in [2.24, 2.45) is 0 Å². The van der Waals surface area contributed by atoms with Crippen molar-refractivity contribution in [1.29, 1.82) is 0 Å². The zero-order valence-electron chi connectivity index (χ0n) is 44.2. The first-order valence-corrected chi connectivity index (χ1v) is 25.1. The quantitative estimate of drug-likeness (QED) is 0.0292. The molecule has 5 aromatic carbocycles. The maximum atomic E-state index is 13.4. The lowest BCUT2D eigenvalue weighted by Crippen LogP contribution is -2.46. The van der Waals surface area contributed by atoms with E-state index >= 15 is 0 Å². The van der Waals surface area contributed by atoms with E-state index in [1.807, 2.05) is 0 Å². The molecule has 0 aromatic heterocycles. The van der Waals surface area contributed by atoms with Gasteiger partial charge in [-0.05, 0) is 34.9 Å². The molecule has 0 amide bonds. The van der Waals surface area contributed by atoms with E-state index in [-0.39, 0.29) is 72.3 Å². The van der Waals surface area contributed by atoms with Crippen LogP contribution in [0.5, 0.6) is 0 Å². The summed E-state index contributed by atoms with van der Waals surface area (Å²) >= 11 is 0. The minimum atomic E-state index is -1.36. The molecule has 428 valence electrons. The number of rotatable bonds is 29. The van der Waals surface area contributed by atoms with Crippen LogP contribution in [-0.4, -0.2) is 159 Å². The summed E-state index contributed by atoms with van der Waals surface area (Å²) in [5.74, 6) is -5.52. The van der Waals surface area contributed by atoms with Crippen molar-refractivity contribution in [3.63, 3.8) is 0 Å². The molecule has 81 heavy (non-hydrogen) atoms. The molecule has 5 rings (SSSR count). The fourth-order valence-electron chi connectivity index (χ4n) is 7.02. The molecule has 0 atom stereocenters. The summed E-state index contributed by atoms with van der Waals surface area (Å²) in [7, 11) is 1.52. The Bertz CT molecular complexity index is 2740. The molecule has 0 unspecified atom stereocenters. The summed E-state index contributed by atoms with van der Waals surface area (Å²) in [5, 5.41) is 0. The first-order valence-electron chi connectivity index (χ1n) is 25.1. The van der Waals surface area contributed by atoms with Crippen LogP contribution in [0.2, 0.25) is 0 Å². The minimum Gasteiger partial charge on any atom is -0.429 e. The predicted molar refractivity (Wildman–Crippen MR) is 280 cm³/mol. The molecule has 0 N–H and O–H groups in total. The number of carbonyl (C=O) groups is 10. The van der Waals surface area contributed by atoms with E-state index in [2.05, 4.69) is 0 Å². The van der Waals surface area contributed by atoms with Crippen molar-refractivity contribution in [3.05, 3.63) is 179 Å². The van der Waals surface area contributed by atoms with Gasteiger partial charge in [-0.2, -0.15) is 0 Å². The topological polar surface area (TPSA) is 276 Å². The Morgan fingerprint density at radius 2 is 0.469 bits per heavy atom. The molecule has 24 heteroatoms. The number of nitrogens with zero attached hydrogens (tertiary/aromatic N) is 4. The van der Waals surface area contributed by atoms with Crippen LogP contribution in [0.25, 0.3) is 0 Å². The largest absolute Gasteiger partial charge is 0.516 e. The highest BCUT2D eigenvalue weighted by atomic mass is 16.8. The van der Waals surface area contributed by atoms with E-state index in [9.17, 15) is 47.9 Å². The van der Waals surface area contributed by atoms with Crippen LogP contribution < -0.4 is 0 Å². The van der Waals surface area contributed by atoms with E-state index in [4.69, 9.17) is 47.4 Å². The van der Waals surface area contributed by atoms with Gasteiger partial charge in [0.1, 0.15) is 33.0 Å². The van der Waals surface area contributed by atoms with E-state index < -0.39 is 93.3 Å². The summed E-state index contributed by atoms with van der Waals surface area (Å²) in [5.41, 5.74) is 3.06. The molecule has 0 spiro atoms. The number of benzene rings is 5. The third-order valence-corrected chi connectivity index (χ3v) is 11.1. The average molecular weight is 1120 g/mol. The maximum Gasteiger partial charge on any atom is 0.516 e. The lowest BCUT2D eigenvalue weighted by Gasteiger charge is -2.29. The van der Waals surface area contributed by atoms with Gasteiger partial charge in [0.05, 0.1) is 32.7 Å².